The Morgan fingerprint density at radius 1 is 1.09 bits per heavy atom. The van der Waals surface area contributed by atoms with Crippen LogP contribution in [0.1, 0.15) is 12.0 Å². The highest BCUT2D eigenvalue weighted by molar-refractivity contribution is 5.82. The summed E-state index contributed by atoms with van der Waals surface area (Å²) in [6.45, 7) is 10.1. The average Bonchev–Trinajstić information content (AvgIpc) is 3.46. The van der Waals surface area contributed by atoms with Crippen molar-refractivity contribution in [3.8, 4) is 0 Å². The van der Waals surface area contributed by atoms with Gasteiger partial charge in [0.1, 0.15) is 12.0 Å². The van der Waals surface area contributed by atoms with Crippen molar-refractivity contribution in [3.63, 3.8) is 0 Å². The molecule has 4 heterocycles. The van der Waals surface area contributed by atoms with Crippen LogP contribution in [0.2, 0.25) is 0 Å². The number of benzene rings is 1. The molecule has 1 aromatic carbocycles. The van der Waals surface area contributed by atoms with Crippen LogP contribution in [-0.2, 0) is 0 Å². The van der Waals surface area contributed by atoms with Gasteiger partial charge in [-0.05, 0) is 36.8 Å². The number of halogens is 1. The maximum absolute atomic E-state index is 13.6. The van der Waals surface area contributed by atoms with Gasteiger partial charge in [0.15, 0.2) is 5.65 Å². The first-order chi connectivity index (χ1) is 16.1. The van der Waals surface area contributed by atoms with Crippen LogP contribution in [0.4, 0.5) is 21.6 Å². The molecule has 0 saturated carbocycles. The summed E-state index contributed by atoms with van der Waals surface area (Å²) in [5.74, 6) is 0.764. The van der Waals surface area contributed by atoms with Crippen molar-refractivity contribution in [3.05, 3.63) is 54.9 Å². The number of aliphatic hydroxyl groups excluding tert-OH is 1. The first-order valence-electron chi connectivity index (χ1n) is 11.5. The highest BCUT2D eigenvalue weighted by atomic mass is 19.1. The van der Waals surface area contributed by atoms with E-state index in [1.807, 2.05) is 17.2 Å². The minimum Gasteiger partial charge on any atom is -0.395 e. The van der Waals surface area contributed by atoms with E-state index in [1.165, 1.54) is 5.69 Å². The number of nitrogens with zero attached hydrogens (tertiary/aromatic N) is 6. The molecule has 1 unspecified atom stereocenters. The molecule has 2 aliphatic rings. The van der Waals surface area contributed by atoms with Crippen molar-refractivity contribution in [1.82, 2.24) is 19.5 Å². The second kappa shape index (κ2) is 9.36. The fraction of sp³-hybridized carbons (Fsp3) is 0.417. The molecule has 0 aliphatic carbocycles. The fourth-order valence-corrected chi connectivity index (χ4v) is 4.54. The zero-order valence-electron chi connectivity index (χ0n) is 18.7. The largest absolute Gasteiger partial charge is 0.395 e. The molecule has 2 aromatic heterocycles. The number of hydrogen-bond acceptors (Lipinski definition) is 7. The van der Waals surface area contributed by atoms with E-state index in [0.717, 1.165) is 49.8 Å². The number of piperazine rings is 1. The molecule has 3 aromatic rings. The Hall–Kier alpha value is -3.17. The monoisotopic (exact) mass is 451 g/mol. The minimum absolute atomic E-state index is 0.212. The van der Waals surface area contributed by atoms with Crippen LogP contribution in [-0.4, -0.2) is 83.2 Å². The molecule has 0 amide bonds. The number of nitrogens with one attached hydrogen (secondary N) is 1. The van der Waals surface area contributed by atoms with Gasteiger partial charge in [-0.2, -0.15) is 5.10 Å². The molecular weight excluding hydrogens is 421 g/mol. The number of rotatable bonds is 7. The topological polar surface area (TPSA) is 72.2 Å². The highest BCUT2D eigenvalue weighted by Gasteiger charge is 2.23. The van der Waals surface area contributed by atoms with Gasteiger partial charge >= 0.3 is 0 Å². The molecule has 2 aliphatic heterocycles. The summed E-state index contributed by atoms with van der Waals surface area (Å²) in [5, 5.41) is 16.9. The Kier molecular flexibility index (Phi) is 6.15. The Balaban J connectivity index is 1.26. The number of anilines is 3. The molecule has 0 radical (unpaired) electrons. The lowest BCUT2D eigenvalue weighted by molar-refractivity contribution is 0.189. The van der Waals surface area contributed by atoms with E-state index in [2.05, 4.69) is 51.1 Å². The summed E-state index contributed by atoms with van der Waals surface area (Å²) < 4.78 is 15.3. The molecule has 174 valence electrons. The maximum Gasteiger partial charge on any atom is 0.166 e. The second-order valence-corrected chi connectivity index (χ2v) is 8.65. The highest BCUT2D eigenvalue weighted by Crippen LogP contribution is 2.26. The van der Waals surface area contributed by atoms with Crippen LogP contribution in [0.5, 0.6) is 0 Å². The zero-order valence-corrected chi connectivity index (χ0v) is 18.7. The summed E-state index contributed by atoms with van der Waals surface area (Å²) in [6, 6.07) is 10.2. The van der Waals surface area contributed by atoms with Gasteiger partial charge in [0.05, 0.1) is 24.9 Å². The molecular formula is C24H30FN7O. The average molecular weight is 452 g/mol. The Labute approximate surface area is 192 Å². The van der Waals surface area contributed by atoms with E-state index in [9.17, 15) is 4.39 Å². The molecule has 8 nitrogen and oxygen atoms in total. The van der Waals surface area contributed by atoms with Crippen molar-refractivity contribution in [2.24, 2.45) is 0 Å². The van der Waals surface area contributed by atoms with E-state index in [0.29, 0.717) is 30.9 Å². The van der Waals surface area contributed by atoms with Crippen LogP contribution in [0.15, 0.2) is 49.3 Å². The predicted molar refractivity (Wildman–Crippen MR) is 130 cm³/mol. The summed E-state index contributed by atoms with van der Waals surface area (Å²) in [4.78, 5) is 11.4. The van der Waals surface area contributed by atoms with E-state index in [4.69, 9.17) is 10.1 Å². The summed E-state index contributed by atoms with van der Waals surface area (Å²) in [5.41, 5.74) is 4.36. The van der Waals surface area contributed by atoms with Gasteiger partial charge < -0.3 is 20.2 Å². The summed E-state index contributed by atoms with van der Waals surface area (Å²) in [7, 11) is 0. The van der Waals surface area contributed by atoms with Crippen LogP contribution in [0.3, 0.4) is 0 Å². The van der Waals surface area contributed by atoms with Crippen molar-refractivity contribution in [2.75, 3.05) is 67.5 Å². The van der Waals surface area contributed by atoms with Gasteiger partial charge in [-0.3, -0.25) is 4.90 Å². The lowest BCUT2D eigenvalue weighted by Gasteiger charge is -2.35. The van der Waals surface area contributed by atoms with Crippen LogP contribution < -0.4 is 15.1 Å². The summed E-state index contributed by atoms with van der Waals surface area (Å²) >= 11 is 0. The molecule has 33 heavy (non-hydrogen) atoms. The van der Waals surface area contributed by atoms with Crippen LogP contribution in [0.25, 0.3) is 11.3 Å². The predicted octanol–water partition coefficient (Wildman–Crippen LogP) is 2.47. The van der Waals surface area contributed by atoms with Crippen LogP contribution >= 0.6 is 0 Å². The number of β-amino-alcohol motifs (C(OH)–C–C–N with tert-alkyl or cyclic N) is 1. The molecule has 2 fully saturated rings. The Morgan fingerprint density at radius 3 is 2.58 bits per heavy atom. The molecule has 2 saturated heterocycles. The van der Waals surface area contributed by atoms with Gasteiger partial charge in [-0.1, -0.05) is 6.58 Å². The third kappa shape index (κ3) is 4.65. The molecule has 2 N–H and O–H groups in total. The van der Waals surface area contributed by atoms with Crippen molar-refractivity contribution in [1.29, 1.82) is 0 Å². The zero-order chi connectivity index (χ0) is 22.8. The van der Waals surface area contributed by atoms with Crippen molar-refractivity contribution in [2.45, 2.75) is 12.6 Å². The Morgan fingerprint density at radius 2 is 1.88 bits per heavy atom. The number of alkyl halides is 1. The lowest BCUT2D eigenvalue weighted by atomic mass is 10.2. The standard InChI is InChI=1S/C24H30FN7O/c1-18(22-16-26-32-9-7-23(28-24(22)32)31-8-6-19(25)17-31)27-20-2-4-21(5-3-20)30-12-10-29(11-13-30)14-15-33/h2-5,7,9,16,19,27,33H,1,6,8,10-15,17H2. The maximum atomic E-state index is 13.6. The molecule has 1 atom stereocenters. The van der Waals surface area contributed by atoms with Crippen molar-refractivity contribution >= 4 is 28.5 Å². The van der Waals surface area contributed by atoms with E-state index in [1.54, 1.807) is 10.7 Å². The molecule has 0 spiro atoms. The Bertz CT molecular complexity index is 1110. The van der Waals surface area contributed by atoms with E-state index < -0.39 is 6.17 Å². The normalized spacial score (nSPS) is 19.4. The molecule has 0 bridgehead atoms. The first kappa shape index (κ1) is 21.7. The number of aromatic nitrogens is 3. The van der Waals surface area contributed by atoms with Gasteiger partial charge in [0.2, 0.25) is 0 Å². The minimum atomic E-state index is -0.795. The van der Waals surface area contributed by atoms with Crippen molar-refractivity contribution < 1.29 is 9.50 Å². The number of aliphatic hydroxyl groups is 1. The second-order valence-electron chi connectivity index (χ2n) is 8.65. The van der Waals surface area contributed by atoms with Crippen LogP contribution in [0, 0.1) is 0 Å². The van der Waals surface area contributed by atoms with Gasteiger partial charge in [-0.15, -0.1) is 0 Å². The first-order valence-corrected chi connectivity index (χ1v) is 11.5. The third-order valence-electron chi connectivity index (χ3n) is 6.45. The smallest absolute Gasteiger partial charge is 0.166 e. The SMILES string of the molecule is C=C(Nc1ccc(N2CCN(CCO)CC2)cc1)c1cnn2ccc(N3CCC(F)C3)nc12. The number of fused-ring (bicyclic) bond motifs is 1. The summed E-state index contributed by atoms with van der Waals surface area (Å²) in [6.07, 6.45) is 3.36. The quantitative estimate of drug-likeness (QED) is 0.572. The van der Waals surface area contributed by atoms with E-state index >= 15 is 0 Å². The van der Waals surface area contributed by atoms with Gasteiger partial charge in [-0.25, -0.2) is 13.9 Å². The third-order valence-corrected chi connectivity index (χ3v) is 6.45. The van der Waals surface area contributed by atoms with Gasteiger partial charge in [0.25, 0.3) is 0 Å². The van der Waals surface area contributed by atoms with Gasteiger partial charge in [0, 0.05) is 62.5 Å². The fourth-order valence-electron chi connectivity index (χ4n) is 4.54. The van der Waals surface area contributed by atoms with E-state index in [-0.39, 0.29) is 6.61 Å². The number of hydrogen-bond donors (Lipinski definition) is 2. The lowest BCUT2D eigenvalue weighted by Crippen LogP contribution is -2.47. The molecule has 9 heteroatoms. The molecule has 5 rings (SSSR count).